The van der Waals surface area contributed by atoms with Crippen LogP contribution < -0.4 is 10.6 Å². The van der Waals surface area contributed by atoms with Gasteiger partial charge < -0.3 is 4.74 Å². The Balaban J connectivity index is 1.50. The van der Waals surface area contributed by atoms with Crippen molar-refractivity contribution in [3.63, 3.8) is 0 Å². The third-order valence-electron chi connectivity index (χ3n) is 5.84. The van der Waals surface area contributed by atoms with Crippen molar-refractivity contribution in [1.82, 2.24) is 0 Å². The summed E-state index contributed by atoms with van der Waals surface area (Å²) in [5, 5.41) is 4.17. The summed E-state index contributed by atoms with van der Waals surface area (Å²) in [7, 11) is -0.617. The lowest BCUT2D eigenvalue weighted by atomic mass is 10.1. The van der Waals surface area contributed by atoms with E-state index in [1.165, 1.54) is 32.6 Å². The molecule has 0 radical (unpaired) electrons. The van der Waals surface area contributed by atoms with E-state index >= 15 is 0 Å². The van der Waals surface area contributed by atoms with Crippen LogP contribution in [0, 0.1) is 6.92 Å². The Morgan fingerprint density at radius 1 is 0.871 bits per heavy atom. The number of hydrogen-bond donors (Lipinski definition) is 0. The van der Waals surface area contributed by atoms with E-state index in [-0.39, 0.29) is 6.04 Å². The summed E-state index contributed by atoms with van der Waals surface area (Å²) in [4.78, 5) is 5.06. The predicted octanol–water partition coefficient (Wildman–Crippen LogP) is 6.01. The molecular formula is C28H26NOP. The number of benzene rings is 3. The number of hydrogen-bond acceptors (Lipinski definition) is 2. The van der Waals surface area contributed by atoms with E-state index in [0.717, 1.165) is 17.9 Å². The zero-order valence-electron chi connectivity index (χ0n) is 18.0. The van der Waals surface area contributed by atoms with Crippen molar-refractivity contribution in [2.45, 2.75) is 32.9 Å². The normalized spacial score (nSPS) is 17.3. The molecule has 3 aromatic rings. The van der Waals surface area contributed by atoms with Crippen LogP contribution in [0.2, 0.25) is 0 Å². The van der Waals surface area contributed by atoms with Gasteiger partial charge in [0.2, 0.25) is 5.90 Å². The molecule has 0 bridgehead atoms. The molecule has 0 N–H and O–H groups in total. The molecule has 0 saturated carbocycles. The Kier molecular flexibility index (Phi) is 5.57. The molecule has 0 saturated heterocycles. The van der Waals surface area contributed by atoms with E-state index in [4.69, 9.17) is 9.73 Å². The van der Waals surface area contributed by atoms with Gasteiger partial charge in [-0.05, 0) is 55.8 Å². The van der Waals surface area contributed by atoms with E-state index < -0.39 is 7.92 Å². The molecule has 1 aliphatic heterocycles. The summed E-state index contributed by atoms with van der Waals surface area (Å²) in [5.74, 6) is 0.780. The van der Waals surface area contributed by atoms with Gasteiger partial charge in [-0.1, -0.05) is 90.5 Å². The number of rotatable bonds is 5. The molecule has 0 unspecified atom stereocenters. The van der Waals surface area contributed by atoms with Crippen molar-refractivity contribution < 1.29 is 4.74 Å². The first-order valence-electron chi connectivity index (χ1n) is 10.8. The average molecular weight is 423 g/mol. The Hall–Kier alpha value is -2.96. The van der Waals surface area contributed by atoms with Crippen molar-refractivity contribution >= 4 is 24.4 Å². The molecule has 1 atom stereocenters. The third kappa shape index (κ3) is 4.01. The van der Waals surface area contributed by atoms with Crippen LogP contribution in [0.4, 0.5) is 0 Å². The summed E-state index contributed by atoms with van der Waals surface area (Å²) in [6, 6.07) is 28.3. The molecule has 5 rings (SSSR count). The van der Waals surface area contributed by atoms with Gasteiger partial charge in [0.25, 0.3) is 0 Å². The summed E-state index contributed by atoms with van der Waals surface area (Å²) in [5.41, 5.74) is 4.94. The maximum atomic E-state index is 5.98. The average Bonchev–Trinajstić information content (AvgIpc) is 3.43. The van der Waals surface area contributed by atoms with Crippen LogP contribution in [0.25, 0.3) is 0 Å². The quantitative estimate of drug-likeness (QED) is 0.461. The SMILES string of the molecule is Cc1ccc2c(c1)/C(=N/[C@H](C)C1=CCC=C1P(c1ccccc1)c1ccccc1)OC2. The van der Waals surface area contributed by atoms with Crippen LogP contribution in [0.1, 0.15) is 30.0 Å². The first-order valence-corrected chi connectivity index (χ1v) is 12.2. The van der Waals surface area contributed by atoms with Gasteiger partial charge >= 0.3 is 0 Å². The fraction of sp³-hybridized carbons (Fsp3) is 0.179. The smallest absolute Gasteiger partial charge is 0.217 e. The molecule has 3 heteroatoms. The predicted molar refractivity (Wildman–Crippen MR) is 132 cm³/mol. The maximum Gasteiger partial charge on any atom is 0.217 e. The highest BCUT2D eigenvalue weighted by atomic mass is 31.1. The first-order chi connectivity index (χ1) is 15.2. The maximum absolute atomic E-state index is 5.98. The molecule has 1 heterocycles. The second kappa shape index (κ2) is 8.65. The standard InChI is InChI=1S/C28H26NOP/c1-20-16-17-22-19-30-28(26(22)18-20)29-21(2)25-14-9-15-27(25)31(23-10-5-3-6-11-23)24-12-7-4-8-13-24/h3-8,10-18,21H,9,19H2,1-2H3/b29-28-/t21-/m1/s1. The Morgan fingerprint density at radius 2 is 1.55 bits per heavy atom. The summed E-state index contributed by atoms with van der Waals surface area (Å²) < 4.78 is 5.98. The zero-order chi connectivity index (χ0) is 21.2. The number of aliphatic imine (C=N–C) groups is 1. The molecule has 0 fully saturated rings. The topological polar surface area (TPSA) is 21.6 Å². The minimum atomic E-state index is -0.617. The molecule has 0 spiro atoms. The summed E-state index contributed by atoms with van der Waals surface area (Å²) in [6.45, 7) is 4.93. The highest BCUT2D eigenvalue weighted by molar-refractivity contribution is 7.77. The highest BCUT2D eigenvalue weighted by Crippen LogP contribution is 2.50. The van der Waals surface area contributed by atoms with Crippen molar-refractivity contribution in [3.8, 4) is 0 Å². The zero-order valence-corrected chi connectivity index (χ0v) is 18.8. The third-order valence-corrected chi connectivity index (χ3v) is 8.39. The Labute approximate surface area is 185 Å². The highest BCUT2D eigenvalue weighted by Gasteiger charge is 2.28. The molecule has 2 aliphatic rings. The molecule has 3 aromatic carbocycles. The van der Waals surface area contributed by atoms with Crippen LogP contribution >= 0.6 is 7.92 Å². The fourth-order valence-electron chi connectivity index (χ4n) is 4.30. The van der Waals surface area contributed by atoms with Gasteiger partial charge in [0.15, 0.2) is 0 Å². The number of fused-ring (bicyclic) bond motifs is 1. The minimum absolute atomic E-state index is 0.0487. The van der Waals surface area contributed by atoms with Crippen LogP contribution in [0.15, 0.2) is 107 Å². The van der Waals surface area contributed by atoms with E-state index in [1.54, 1.807) is 0 Å². The van der Waals surface area contributed by atoms with Gasteiger partial charge in [0.05, 0.1) is 6.04 Å². The number of aryl methyl sites for hydroxylation is 1. The monoisotopic (exact) mass is 423 g/mol. The van der Waals surface area contributed by atoms with E-state index in [1.807, 2.05) is 0 Å². The van der Waals surface area contributed by atoms with E-state index in [0.29, 0.717) is 6.61 Å². The van der Waals surface area contributed by atoms with Crippen molar-refractivity contribution in [3.05, 3.63) is 119 Å². The molecule has 31 heavy (non-hydrogen) atoms. The molecular weight excluding hydrogens is 397 g/mol. The van der Waals surface area contributed by atoms with Gasteiger partial charge in [0, 0.05) is 11.1 Å². The lowest BCUT2D eigenvalue weighted by Crippen LogP contribution is -2.16. The number of ether oxygens (including phenoxy) is 1. The molecule has 2 nitrogen and oxygen atoms in total. The van der Waals surface area contributed by atoms with Crippen LogP contribution in [-0.2, 0) is 11.3 Å². The van der Waals surface area contributed by atoms with Gasteiger partial charge in [-0.2, -0.15) is 0 Å². The number of allylic oxidation sites excluding steroid dienone is 2. The fourth-order valence-corrected chi connectivity index (χ4v) is 6.92. The van der Waals surface area contributed by atoms with Gasteiger partial charge in [-0.3, -0.25) is 0 Å². The molecule has 1 aliphatic carbocycles. The lowest BCUT2D eigenvalue weighted by molar-refractivity contribution is 0.310. The van der Waals surface area contributed by atoms with Gasteiger partial charge in [0.1, 0.15) is 6.61 Å². The summed E-state index contributed by atoms with van der Waals surface area (Å²) in [6.07, 6.45) is 5.71. The Morgan fingerprint density at radius 3 is 2.23 bits per heavy atom. The van der Waals surface area contributed by atoms with Crippen molar-refractivity contribution in [2.75, 3.05) is 0 Å². The van der Waals surface area contributed by atoms with E-state index in [9.17, 15) is 0 Å². The van der Waals surface area contributed by atoms with Gasteiger partial charge in [-0.25, -0.2) is 4.99 Å². The van der Waals surface area contributed by atoms with Crippen LogP contribution in [0.3, 0.4) is 0 Å². The Bertz CT molecular complexity index is 1140. The minimum Gasteiger partial charge on any atom is -0.473 e. The number of nitrogens with zero attached hydrogens (tertiary/aromatic N) is 1. The van der Waals surface area contributed by atoms with Crippen LogP contribution in [0.5, 0.6) is 0 Å². The molecule has 0 amide bonds. The van der Waals surface area contributed by atoms with Crippen LogP contribution in [-0.4, -0.2) is 11.9 Å². The van der Waals surface area contributed by atoms with Crippen molar-refractivity contribution in [2.24, 2.45) is 4.99 Å². The van der Waals surface area contributed by atoms with E-state index in [2.05, 4.69) is 105 Å². The largest absolute Gasteiger partial charge is 0.473 e. The van der Waals surface area contributed by atoms with Gasteiger partial charge in [-0.15, -0.1) is 0 Å². The second-order valence-corrected chi connectivity index (χ2v) is 10.2. The second-order valence-electron chi connectivity index (χ2n) is 8.05. The molecule has 0 aromatic heterocycles. The van der Waals surface area contributed by atoms with Crippen molar-refractivity contribution in [1.29, 1.82) is 0 Å². The first kappa shape index (κ1) is 20.0. The summed E-state index contributed by atoms with van der Waals surface area (Å²) >= 11 is 0. The lowest BCUT2D eigenvalue weighted by Gasteiger charge is -2.24. The molecule has 154 valence electrons.